The van der Waals surface area contributed by atoms with Crippen molar-refractivity contribution in [3.63, 3.8) is 0 Å². The first-order valence-corrected chi connectivity index (χ1v) is 11.6. The van der Waals surface area contributed by atoms with E-state index in [9.17, 15) is 9.46 Å². The van der Waals surface area contributed by atoms with Gasteiger partial charge in [-0.05, 0) is 64.9 Å². The topological polar surface area (TPSA) is 46.5 Å². The summed E-state index contributed by atoms with van der Waals surface area (Å²) in [5.41, 5.74) is 2.18. The fraction of sp³-hybridized carbons (Fsp3) is 0.391. The lowest BCUT2D eigenvalue weighted by molar-refractivity contribution is 0.185. The molecule has 0 spiro atoms. The van der Waals surface area contributed by atoms with E-state index in [1.807, 2.05) is 26.0 Å². The Morgan fingerprint density at radius 3 is 2.56 bits per heavy atom. The maximum atomic E-state index is 12.7. The van der Waals surface area contributed by atoms with Gasteiger partial charge in [0.25, 0.3) is 0 Å². The van der Waals surface area contributed by atoms with Crippen molar-refractivity contribution in [3.8, 4) is 0 Å². The van der Waals surface area contributed by atoms with E-state index < -0.39 is 7.60 Å². The second kappa shape index (κ2) is 8.56. The summed E-state index contributed by atoms with van der Waals surface area (Å²) < 4.78 is 18.2. The molecule has 3 aromatic carbocycles. The number of rotatable bonds is 8. The smallest absolute Gasteiger partial charge is 0.324 e. The molecule has 3 rings (SSSR count). The third-order valence-corrected chi connectivity index (χ3v) is 6.58. The second-order valence-corrected chi connectivity index (χ2v) is 9.12. The molecule has 144 valence electrons. The molecule has 0 aromatic heterocycles. The SMILES string of the molecule is CCCCc1c2ccccc2cc2cccc(CP(=O)(O)OC(C)CC)c12. The molecule has 2 unspecified atom stereocenters. The van der Waals surface area contributed by atoms with Gasteiger partial charge in [-0.25, -0.2) is 0 Å². The van der Waals surface area contributed by atoms with Crippen molar-refractivity contribution in [3.05, 3.63) is 59.7 Å². The standard InChI is InChI=1S/C23H29O3P/c1-4-6-13-22-21-14-8-7-10-18(21)15-19-11-9-12-20(23(19)22)16-27(24,25)26-17(3)5-2/h7-12,14-15,17H,4-6,13,16H2,1-3H3,(H,24,25). The van der Waals surface area contributed by atoms with E-state index in [1.165, 1.54) is 16.3 Å². The summed E-state index contributed by atoms with van der Waals surface area (Å²) in [5.74, 6) is 0. The number of aryl methyl sites for hydroxylation is 1. The van der Waals surface area contributed by atoms with Crippen molar-refractivity contribution in [2.45, 2.75) is 58.7 Å². The molecular formula is C23H29O3P. The van der Waals surface area contributed by atoms with Crippen molar-refractivity contribution < 1.29 is 14.0 Å². The maximum Gasteiger partial charge on any atom is 0.332 e. The van der Waals surface area contributed by atoms with E-state index in [-0.39, 0.29) is 12.3 Å². The molecule has 3 aromatic rings. The van der Waals surface area contributed by atoms with Crippen LogP contribution >= 0.6 is 7.60 Å². The van der Waals surface area contributed by atoms with E-state index in [4.69, 9.17) is 4.52 Å². The molecule has 0 bridgehead atoms. The van der Waals surface area contributed by atoms with Crippen LogP contribution in [0.5, 0.6) is 0 Å². The van der Waals surface area contributed by atoms with Crippen LogP contribution in [0.15, 0.2) is 48.5 Å². The van der Waals surface area contributed by atoms with Crippen LogP contribution in [-0.4, -0.2) is 11.0 Å². The molecule has 3 nitrogen and oxygen atoms in total. The molecular weight excluding hydrogens is 355 g/mol. The Hall–Kier alpha value is -1.67. The molecule has 0 saturated heterocycles. The summed E-state index contributed by atoms with van der Waals surface area (Å²) in [6, 6.07) is 16.6. The molecule has 2 atom stereocenters. The summed E-state index contributed by atoms with van der Waals surface area (Å²) >= 11 is 0. The lowest BCUT2D eigenvalue weighted by Gasteiger charge is -2.19. The van der Waals surface area contributed by atoms with Crippen LogP contribution in [0.1, 0.15) is 51.2 Å². The molecule has 4 heteroatoms. The van der Waals surface area contributed by atoms with Gasteiger partial charge in [-0.2, -0.15) is 0 Å². The zero-order chi connectivity index (χ0) is 19.4. The minimum atomic E-state index is -3.70. The fourth-order valence-corrected chi connectivity index (χ4v) is 5.14. The summed E-state index contributed by atoms with van der Waals surface area (Å²) in [5, 5.41) is 4.70. The molecule has 0 radical (unpaired) electrons. The molecule has 0 heterocycles. The summed E-state index contributed by atoms with van der Waals surface area (Å²) in [6.07, 6.45) is 3.71. The van der Waals surface area contributed by atoms with E-state index in [2.05, 4.69) is 43.3 Å². The van der Waals surface area contributed by atoms with Crippen molar-refractivity contribution in [1.29, 1.82) is 0 Å². The normalized spacial score (nSPS) is 15.1. The van der Waals surface area contributed by atoms with Crippen molar-refractivity contribution >= 4 is 29.1 Å². The number of unbranched alkanes of at least 4 members (excludes halogenated alkanes) is 1. The molecule has 0 aliphatic rings. The van der Waals surface area contributed by atoms with E-state index in [0.29, 0.717) is 6.42 Å². The lowest BCUT2D eigenvalue weighted by atomic mass is 9.91. The van der Waals surface area contributed by atoms with Crippen LogP contribution in [0.4, 0.5) is 0 Å². The minimum Gasteiger partial charge on any atom is -0.324 e. The molecule has 27 heavy (non-hydrogen) atoms. The van der Waals surface area contributed by atoms with E-state index in [0.717, 1.165) is 35.6 Å². The fourth-order valence-electron chi connectivity index (χ4n) is 3.66. The molecule has 0 fully saturated rings. The molecule has 1 N–H and O–H groups in total. The Labute approximate surface area is 161 Å². The highest BCUT2D eigenvalue weighted by atomic mass is 31.2. The Morgan fingerprint density at radius 2 is 1.81 bits per heavy atom. The van der Waals surface area contributed by atoms with Crippen molar-refractivity contribution in [1.82, 2.24) is 0 Å². The average Bonchev–Trinajstić information content (AvgIpc) is 2.64. The lowest BCUT2D eigenvalue weighted by Crippen LogP contribution is -2.06. The highest BCUT2D eigenvalue weighted by Crippen LogP contribution is 2.49. The largest absolute Gasteiger partial charge is 0.332 e. The van der Waals surface area contributed by atoms with Crippen LogP contribution in [0.2, 0.25) is 0 Å². The summed E-state index contributed by atoms with van der Waals surface area (Å²) in [4.78, 5) is 10.4. The van der Waals surface area contributed by atoms with Crippen LogP contribution in [-0.2, 0) is 21.7 Å². The van der Waals surface area contributed by atoms with Gasteiger partial charge in [0.2, 0.25) is 0 Å². The first-order chi connectivity index (χ1) is 12.9. The number of benzene rings is 3. The van der Waals surface area contributed by atoms with Gasteiger partial charge >= 0.3 is 7.60 Å². The monoisotopic (exact) mass is 384 g/mol. The minimum absolute atomic E-state index is 0.0478. The van der Waals surface area contributed by atoms with Crippen LogP contribution in [0.25, 0.3) is 21.5 Å². The molecule has 0 amide bonds. The van der Waals surface area contributed by atoms with Crippen molar-refractivity contribution in [2.75, 3.05) is 0 Å². The third-order valence-electron chi connectivity index (χ3n) is 5.15. The molecule has 0 aliphatic heterocycles. The van der Waals surface area contributed by atoms with Gasteiger partial charge < -0.3 is 9.42 Å². The van der Waals surface area contributed by atoms with Gasteiger partial charge in [0.15, 0.2) is 0 Å². The summed E-state index contributed by atoms with van der Waals surface area (Å²) in [6.45, 7) is 5.99. The maximum absolute atomic E-state index is 12.7. The number of hydrogen-bond donors (Lipinski definition) is 1. The first-order valence-electron chi connectivity index (χ1n) is 9.87. The predicted octanol–water partition coefficient (Wildman–Crippen LogP) is 6.84. The average molecular weight is 384 g/mol. The van der Waals surface area contributed by atoms with Crippen LogP contribution in [0.3, 0.4) is 0 Å². The van der Waals surface area contributed by atoms with Gasteiger partial charge in [0.05, 0.1) is 12.3 Å². The van der Waals surface area contributed by atoms with E-state index >= 15 is 0 Å². The van der Waals surface area contributed by atoms with Crippen LogP contribution in [0, 0.1) is 0 Å². The Morgan fingerprint density at radius 1 is 1.07 bits per heavy atom. The first kappa shape index (κ1) is 20.1. The number of fused-ring (bicyclic) bond motifs is 2. The second-order valence-electron chi connectivity index (χ2n) is 7.31. The van der Waals surface area contributed by atoms with E-state index in [1.54, 1.807) is 0 Å². The summed E-state index contributed by atoms with van der Waals surface area (Å²) in [7, 11) is -3.70. The zero-order valence-corrected chi connectivity index (χ0v) is 17.3. The Kier molecular flexibility index (Phi) is 6.37. The molecule has 0 saturated carbocycles. The van der Waals surface area contributed by atoms with Crippen LogP contribution < -0.4 is 0 Å². The van der Waals surface area contributed by atoms with Gasteiger partial charge in [-0.1, -0.05) is 62.7 Å². The molecule has 0 aliphatic carbocycles. The third kappa shape index (κ3) is 4.60. The van der Waals surface area contributed by atoms with Gasteiger partial charge in [0.1, 0.15) is 0 Å². The highest BCUT2D eigenvalue weighted by molar-refractivity contribution is 7.52. The quantitative estimate of drug-likeness (QED) is 0.342. The van der Waals surface area contributed by atoms with Gasteiger partial charge in [0, 0.05) is 0 Å². The zero-order valence-electron chi connectivity index (χ0n) is 16.4. The Balaban J connectivity index is 2.16. The number of hydrogen-bond acceptors (Lipinski definition) is 2. The van der Waals surface area contributed by atoms with Crippen molar-refractivity contribution in [2.24, 2.45) is 0 Å². The van der Waals surface area contributed by atoms with Gasteiger partial charge in [-0.3, -0.25) is 4.57 Å². The Bertz CT molecular complexity index is 980. The van der Waals surface area contributed by atoms with Gasteiger partial charge in [-0.15, -0.1) is 0 Å². The predicted molar refractivity (Wildman–Crippen MR) is 114 cm³/mol. The highest BCUT2D eigenvalue weighted by Gasteiger charge is 2.24.